The van der Waals surface area contributed by atoms with Crippen molar-refractivity contribution in [2.24, 2.45) is 0 Å². The third-order valence-electron chi connectivity index (χ3n) is 2.89. The highest BCUT2D eigenvalue weighted by Crippen LogP contribution is 2.23. The number of ether oxygens (including phenoxy) is 1. The third-order valence-corrected chi connectivity index (χ3v) is 3.15. The van der Waals surface area contributed by atoms with Crippen LogP contribution in [0.5, 0.6) is 5.75 Å². The van der Waals surface area contributed by atoms with Crippen molar-refractivity contribution in [3.63, 3.8) is 0 Å². The molecule has 1 amide bonds. The molecule has 2 N–H and O–H groups in total. The van der Waals surface area contributed by atoms with Gasteiger partial charge in [-0.2, -0.15) is 0 Å². The van der Waals surface area contributed by atoms with E-state index >= 15 is 0 Å². The van der Waals surface area contributed by atoms with E-state index in [-0.39, 0.29) is 12.5 Å². The summed E-state index contributed by atoms with van der Waals surface area (Å²) in [4.78, 5) is 12.1. The SMILES string of the molecule is CCOc1ccc(NC(=O)c2ccc(Cl)cc2)cc1CO. The van der Waals surface area contributed by atoms with Gasteiger partial charge in [-0.15, -0.1) is 0 Å². The van der Waals surface area contributed by atoms with Crippen molar-refractivity contribution in [2.45, 2.75) is 13.5 Å². The molecule has 0 fully saturated rings. The van der Waals surface area contributed by atoms with Crippen molar-refractivity contribution in [2.75, 3.05) is 11.9 Å². The summed E-state index contributed by atoms with van der Waals surface area (Å²) in [5.74, 6) is 0.379. The number of nitrogens with one attached hydrogen (secondary N) is 1. The number of hydrogen-bond acceptors (Lipinski definition) is 3. The van der Waals surface area contributed by atoms with Gasteiger partial charge in [-0.25, -0.2) is 0 Å². The minimum atomic E-state index is -0.236. The summed E-state index contributed by atoms with van der Waals surface area (Å²) in [5.41, 5.74) is 1.74. The molecule has 0 unspecified atom stereocenters. The highest BCUT2D eigenvalue weighted by molar-refractivity contribution is 6.30. The zero-order chi connectivity index (χ0) is 15.2. The standard InChI is InChI=1S/C16H16ClNO3/c1-2-21-15-8-7-14(9-12(15)10-19)18-16(20)11-3-5-13(17)6-4-11/h3-9,19H,2,10H2,1H3,(H,18,20). The molecule has 0 radical (unpaired) electrons. The summed E-state index contributed by atoms with van der Waals surface area (Å²) < 4.78 is 5.40. The van der Waals surface area contributed by atoms with Crippen molar-refractivity contribution >= 4 is 23.2 Å². The number of aliphatic hydroxyl groups is 1. The van der Waals surface area contributed by atoms with Gasteiger partial charge in [-0.05, 0) is 49.4 Å². The highest BCUT2D eigenvalue weighted by atomic mass is 35.5. The van der Waals surface area contributed by atoms with Gasteiger partial charge in [0.15, 0.2) is 0 Å². The van der Waals surface area contributed by atoms with Gasteiger partial charge >= 0.3 is 0 Å². The molecule has 0 bridgehead atoms. The molecule has 2 aromatic carbocycles. The van der Waals surface area contributed by atoms with E-state index in [0.29, 0.717) is 34.2 Å². The van der Waals surface area contributed by atoms with Crippen LogP contribution in [-0.2, 0) is 6.61 Å². The van der Waals surface area contributed by atoms with E-state index in [1.165, 1.54) is 0 Å². The monoisotopic (exact) mass is 305 g/mol. The first-order valence-electron chi connectivity index (χ1n) is 6.57. The van der Waals surface area contributed by atoms with Crippen LogP contribution in [0.2, 0.25) is 5.02 Å². The van der Waals surface area contributed by atoms with Crippen LogP contribution >= 0.6 is 11.6 Å². The molecular weight excluding hydrogens is 290 g/mol. The van der Waals surface area contributed by atoms with Gasteiger partial charge in [0.05, 0.1) is 13.2 Å². The number of aliphatic hydroxyl groups excluding tert-OH is 1. The Morgan fingerprint density at radius 2 is 1.95 bits per heavy atom. The van der Waals surface area contributed by atoms with Crippen LogP contribution in [0.25, 0.3) is 0 Å². The van der Waals surface area contributed by atoms with E-state index in [9.17, 15) is 9.90 Å². The van der Waals surface area contributed by atoms with Gasteiger partial charge in [0, 0.05) is 21.8 Å². The highest BCUT2D eigenvalue weighted by Gasteiger charge is 2.08. The number of carbonyl (C=O) groups is 1. The molecule has 0 aliphatic heterocycles. The Balaban J connectivity index is 2.15. The second-order valence-electron chi connectivity index (χ2n) is 4.37. The van der Waals surface area contributed by atoms with E-state index < -0.39 is 0 Å². The summed E-state index contributed by atoms with van der Waals surface area (Å²) in [6.07, 6.45) is 0. The predicted octanol–water partition coefficient (Wildman–Crippen LogP) is 3.48. The van der Waals surface area contributed by atoms with Crippen molar-refractivity contribution in [1.29, 1.82) is 0 Å². The molecule has 4 nitrogen and oxygen atoms in total. The second kappa shape index (κ2) is 7.11. The van der Waals surface area contributed by atoms with E-state index in [1.54, 1.807) is 42.5 Å². The first kappa shape index (κ1) is 15.4. The molecule has 110 valence electrons. The topological polar surface area (TPSA) is 58.6 Å². The zero-order valence-corrected chi connectivity index (χ0v) is 12.4. The van der Waals surface area contributed by atoms with Crippen molar-refractivity contribution in [3.05, 3.63) is 58.6 Å². The lowest BCUT2D eigenvalue weighted by Gasteiger charge is -2.11. The predicted molar refractivity (Wildman–Crippen MR) is 82.9 cm³/mol. The Morgan fingerprint density at radius 3 is 2.57 bits per heavy atom. The molecule has 0 aliphatic carbocycles. The minimum absolute atomic E-state index is 0.153. The lowest BCUT2D eigenvalue weighted by Crippen LogP contribution is -2.12. The molecule has 0 heterocycles. The number of carbonyl (C=O) groups excluding carboxylic acids is 1. The maximum Gasteiger partial charge on any atom is 0.255 e. The van der Waals surface area contributed by atoms with Crippen LogP contribution in [0, 0.1) is 0 Å². The first-order valence-corrected chi connectivity index (χ1v) is 6.95. The Bertz CT molecular complexity index is 626. The summed E-state index contributed by atoms with van der Waals surface area (Å²) in [5, 5.41) is 12.7. The Morgan fingerprint density at radius 1 is 1.24 bits per heavy atom. The number of rotatable bonds is 5. The van der Waals surface area contributed by atoms with Gasteiger partial charge in [-0.3, -0.25) is 4.79 Å². The van der Waals surface area contributed by atoms with Gasteiger partial charge in [0.2, 0.25) is 0 Å². The van der Waals surface area contributed by atoms with Gasteiger partial charge in [-0.1, -0.05) is 11.6 Å². The molecule has 2 rings (SSSR count). The van der Waals surface area contributed by atoms with Gasteiger partial charge in [0.25, 0.3) is 5.91 Å². The van der Waals surface area contributed by atoms with Gasteiger partial charge in [0.1, 0.15) is 5.75 Å². The molecule has 5 heteroatoms. The Hall–Kier alpha value is -2.04. The van der Waals surface area contributed by atoms with Gasteiger partial charge < -0.3 is 15.2 Å². The van der Waals surface area contributed by atoms with E-state index in [4.69, 9.17) is 16.3 Å². The molecule has 0 saturated carbocycles. The van der Waals surface area contributed by atoms with Crippen LogP contribution in [-0.4, -0.2) is 17.6 Å². The molecule has 0 saturated heterocycles. The largest absolute Gasteiger partial charge is 0.494 e. The molecule has 2 aromatic rings. The molecule has 0 atom stereocenters. The van der Waals surface area contributed by atoms with E-state index in [0.717, 1.165) is 0 Å². The fraction of sp³-hybridized carbons (Fsp3) is 0.188. The summed E-state index contributed by atoms with van der Waals surface area (Å²) in [6, 6.07) is 11.8. The fourth-order valence-corrected chi connectivity index (χ4v) is 2.01. The average Bonchev–Trinajstić information content (AvgIpc) is 2.49. The van der Waals surface area contributed by atoms with Crippen molar-refractivity contribution in [3.8, 4) is 5.75 Å². The first-order chi connectivity index (χ1) is 10.1. The molecule has 0 aromatic heterocycles. The smallest absolute Gasteiger partial charge is 0.255 e. The van der Waals surface area contributed by atoms with Crippen LogP contribution in [0.15, 0.2) is 42.5 Å². The maximum absolute atomic E-state index is 12.1. The summed E-state index contributed by atoms with van der Waals surface area (Å²) in [6.45, 7) is 2.24. The maximum atomic E-state index is 12.1. The van der Waals surface area contributed by atoms with Crippen LogP contribution < -0.4 is 10.1 Å². The summed E-state index contributed by atoms with van der Waals surface area (Å²) >= 11 is 5.79. The normalized spacial score (nSPS) is 10.2. The lowest BCUT2D eigenvalue weighted by molar-refractivity contribution is 0.102. The fourth-order valence-electron chi connectivity index (χ4n) is 1.88. The number of halogens is 1. The average molecular weight is 306 g/mol. The third kappa shape index (κ3) is 3.97. The summed E-state index contributed by atoms with van der Waals surface area (Å²) in [7, 11) is 0. The lowest BCUT2D eigenvalue weighted by atomic mass is 10.1. The van der Waals surface area contributed by atoms with Crippen LogP contribution in [0.3, 0.4) is 0 Å². The quantitative estimate of drug-likeness (QED) is 0.889. The Kier molecular flexibility index (Phi) is 5.20. The Labute approximate surface area is 128 Å². The van der Waals surface area contributed by atoms with Crippen LogP contribution in [0.1, 0.15) is 22.8 Å². The number of amides is 1. The molecule has 0 aliphatic rings. The van der Waals surface area contributed by atoms with Crippen molar-refractivity contribution in [1.82, 2.24) is 0 Å². The minimum Gasteiger partial charge on any atom is -0.494 e. The van der Waals surface area contributed by atoms with E-state index in [1.807, 2.05) is 6.92 Å². The molecular formula is C16H16ClNO3. The second-order valence-corrected chi connectivity index (χ2v) is 4.81. The number of benzene rings is 2. The number of anilines is 1. The molecule has 0 spiro atoms. The molecule has 21 heavy (non-hydrogen) atoms. The van der Waals surface area contributed by atoms with Crippen molar-refractivity contribution < 1.29 is 14.6 Å². The zero-order valence-electron chi connectivity index (χ0n) is 11.6. The van der Waals surface area contributed by atoms with E-state index in [2.05, 4.69) is 5.32 Å². The van der Waals surface area contributed by atoms with Crippen LogP contribution in [0.4, 0.5) is 5.69 Å². The number of hydrogen-bond donors (Lipinski definition) is 2.